The molecule has 2 rings (SSSR count). The Balaban J connectivity index is 2.81. The molecule has 1 aromatic carbocycles. The fraction of sp³-hybridized carbons (Fsp3) is 0. The van der Waals surface area contributed by atoms with Gasteiger partial charge in [-0.2, -0.15) is 0 Å². The minimum Gasteiger partial charge on any atom is -0.450 e. The van der Waals surface area contributed by atoms with Crippen molar-refractivity contribution in [1.82, 2.24) is 0 Å². The van der Waals surface area contributed by atoms with Crippen LogP contribution >= 0.6 is 23.2 Å². The van der Waals surface area contributed by atoms with Crippen LogP contribution in [-0.2, 0) is 0 Å². The van der Waals surface area contributed by atoms with Crippen molar-refractivity contribution in [2.24, 2.45) is 0 Å². The zero-order valence-corrected chi connectivity index (χ0v) is 7.89. The summed E-state index contributed by atoms with van der Waals surface area (Å²) >= 11 is 11.1. The molecule has 0 saturated heterocycles. The highest BCUT2D eigenvalue weighted by molar-refractivity contribution is 6.68. The molecule has 2 nitrogen and oxygen atoms in total. The molecule has 1 aromatic heterocycles. The first-order valence-corrected chi connectivity index (χ1v) is 4.32. The topological polar surface area (TPSA) is 30.2 Å². The summed E-state index contributed by atoms with van der Waals surface area (Å²) in [4.78, 5) is 10.8. The zero-order valence-electron chi connectivity index (χ0n) is 6.38. The summed E-state index contributed by atoms with van der Waals surface area (Å²) in [6, 6.07) is 7.10. The van der Waals surface area contributed by atoms with E-state index in [1.54, 1.807) is 18.2 Å². The Kier molecular flexibility index (Phi) is 2.02. The summed E-state index contributed by atoms with van der Waals surface area (Å²) in [5.41, 5.74) is 0.566. The molecule has 0 saturated carbocycles. The van der Waals surface area contributed by atoms with E-state index >= 15 is 0 Å². The van der Waals surface area contributed by atoms with Gasteiger partial charge in [-0.1, -0.05) is 23.7 Å². The maximum atomic E-state index is 10.8. The summed E-state index contributed by atoms with van der Waals surface area (Å²) in [6.07, 6.45) is 0. The molecule has 66 valence electrons. The first-order chi connectivity index (χ1) is 6.20. The van der Waals surface area contributed by atoms with Crippen LogP contribution in [0, 0.1) is 0 Å². The number of halogens is 2. The number of fused-ring (bicyclic) bond motifs is 1. The van der Waals surface area contributed by atoms with Gasteiger partial charge in [0.1, 0.15) is 5.58 Å². The van der Waals surface area contributed by atoms with Crippen LogP contribution in [0.15, 0.2) is 28.7 Å². The van der Waals surface area contributed by atoms with Crippen LogP contribution in [0.2, 0.25) is 5.02 Å². The summed E-state index contributed by atoms with van der Waals surface area (Å²) in [6.45, 7) is 0. The van der Waals surface area contributed by atoms with Crippen molar-refractivity contribution in [3.8, 4) is 0 Å². The highest BCUT2D eigenvalue weighted by atomic mass is 35.5. The van der Waals surface area contributed by atoms with Crippen molar-refractivity contribution in [3.05, 3.63) is 35.0 Å². The Morgan fingerprint density at radius 1 is 1.31 bits per heavy atom. The standard InChI is InChI=1S/C9H4Cl2O2/c10-7-5-3-1-2-4-6(5)13-8(7)9(11)12/h1-4H. The Hall–Kier alpha value is -0.990. The molecule has 1 heterocycles. The molecule has 0 fully saturated rings. The molecule has 0 spiro atoms. The number of hydrogen-bond acceptors (Lipinski definition) is 2. The van der Waals surface area contributed by atoms with E-state index < -0.39 is 5.24 Å². The van der Waals surface area contributed by atoms with Gasteiger partial charge in [0.15, 0.2) is 0 Å². The minimum atomic E-state index is -0.679. The molecule has 2 aromatic rings. The van der Waals surface area contributed by atoms with E-state index in [2.05, 4.69) is 0 Å². The van der Waals surface area contributed by atoms with Gasteiger partial charge >= 0.3 is 0 Å². The van der Waals surface area contributed by atoms with Crippen molar-refractivity contribution < 1.29 is 9.21 Å². The zero-order chi connectivity index (χ0) is 9.42. The lowest BCUT2D eigenvalue weighted by Crippen LogP contribution is -1.83. The van der Waals surface area contributed by atoms with E-state index in [1.807, 2.05) is 6.07 Å². The number of para-hydroxylation sites is 1. The van der Waals surface area contributed by atoms with Crippen LogP contribution in [0.3, 0.4) is 0 Å². The monoisotopic (exact) mass is 214 g/mol. The molecule has 0 aliphatic rings. The lowest BCUT2D eigenvalue weighted by Gasteiger charge is -1.84. The van der Waals surface area contributed by atoms with E-state index in [-0.39, 0.29) is 10.8 Å². The van der Waals surface area contributed by atoms with Crippen molar-refractivity contribution in [1.29, 1.82) is 0 Å². The average Bonchev–Trinajstić information content (AvgIpc) is 2.45. The Morgan fingerprint density at radius 3 is 2.62 bits per heavy atom. The van der Waals surface area contributed by atoms with Crippen LogP contribution in [0.4, 0.5) is 0 Å². The number of carbonyl (C=O) groups excluding carboxylic acids is 1. The van der Waals surface area contributed by atoms with Gasteiger partial charge in [0.2, 0.25) is 5.76 Å². The predicted octanol–water partition coefficient (Wildman–Crippen LogP) is 3.47. The smallest absolute Gasteiger partial charge is 0.289 e. The van der Waals surface area contributed by atoms with Crippen molar-refractivity contribution >= 4 is 39.4 Å². The number of furan rings is 1. The normalized spacial score (nSPS) is 10.6. The molecule has 0 aliphatic heterocycles. The molecule has 0 radical (unpaired) electrons. The molecule has 0 bridgehead atoms. The molecule has 0 N–H and O–H groups in total. The van der Waals surface area contributed by atoms with Gasteiger partial charge in [-0.25, -0.2) is 0 Å². The molecule has 0 amide bonds. The van der Waals surface area contributed by atoms with Crippen LogP contribution in [0.1, 0.15) is 10.6 Å². The maximum Gasteiger partial charge on any atom is 0.289 e. The van der Waals surface area contributed by atoms with E-state index in [0.29, 0.717) is 11.0 Å². The molecular weight excluding hydrogens is 211 g/mol. The van der Waals surface area contributed by atoms with E-state index in [9.17, 15) is 4.79 Å². The predicted molar refractivity (Wildman–Crippen MR) is 51.4 cm³/mol. The highest BCUT2D eigenvalue weighted by Crippen LogP contribution is 2.30. The van der Waals surface area contributed by atoms with Gasteiger partial charge in [-0.15, -0.1) is 0 Å². The van der Waals surface area contributed by atoms with Crippen LogP contribution in [-0.4, -0.2) is 5.24 Å². The quantitative estimate of drug-likeness (QED) is 0.681. The van der Waals surface area contributed by atoms with Gasteiger partial charge < -0.3 is 4.42 Å². The number of carbonyl (C=O) groups is 1. The summed E-state index contributed by atoms with van der Waals surface area (Å²) in [5, 5.41) is 0.296. The van der Waals surface area contributed by atoms with Crippen molar-refractivity contribution in [2.75, 3.05) is 0 Å². The third-order valence-corrected chi connectivity index (χ3v) is 2.26. The molecule has 0 aliphatic carbocycles. The summed E-state index contributed by atoms with van der Waals surface area (Å²) in [5.74, 6) is 0.00420. The Bertz CT molecular complexity index is 473. The fourth-order valence-corrected chi connectivity index (χ4v) is 1.60. The Morgan fingerprint density at radius 2 is 2.00 bits per heavy atom. The Labute approximate surface area is 84.0 Å². The van der Waals surface area contributed by atoms with Gasteiger partial charge in [0.05, 0.1) is 5.02 Å². The first-order valence-electron chi connectivity index (χ1n) is 3.57. The third kappa shape index (κ3) is 1.32. The number of hydrogen-bond donors (Lipinski definition) is 0. The molecule has 0 unspecified atom stereocenters. The van der Waals surface area contributed by atoms with Crippen LogP contribution in [0.25, 0.3) is 11.0 Å². The van der Waals surface area contributed by atoms with E-state index in [1.165, 1.54) is 0 Å². The average molecular weight is 215 g/mol. The molecular formula is C9H4Cl2O2. The summed E-state index contributed by atoms with van der Waals surface area (Å²) < 4.78 is 5.15. The minimum absolute atomic E-state index is 0.00420. The number of benzene rings is 1. The van der Waals surface area contributed by atoms with E-state index in [4.69, 9.17) is 27.6 Å². The van der Waals surface area contributed by atoms with Gasteiger partial charge in [0.25, 0.3) is 5.24 Å². The van der Waals surface area contributed by atoms with Crippen molar-refractivity contribution in [3.63, 3.8) is 0 Å². The van der Waals surface area contributed by atoms with E-state index in [0.717, 1.165) is 0 Å². The van der Waals surface area contributed by atoms with Gasteiger partial charge in [-0.3, -0.25) is 4.79 Å². The number of rotatable bonds is 1. The third-order valence-electron chi connectivity index (χ3n) is 1.71. The second-order valence-corrected chi connectivity index (χ2v) is 3.24. The lowest BCUT2D eigenvalue weighted by atomic mass is 10.2. The van der Waals surface area contributed by atoms with Gasteiger partial charge in [0, 0.05) is 5.39 Å². The SMILES string of the molecule is O=C(Cl)c1oc2ccccc2c1Cl. The maximum absolute atomic E-state index is 10.8. The largest absolute Gasteiger partial charge is 0.450 e. The second kappa shape index (κ2) is 3.05. The highest BCUT2D eigenvalue weighted by Gasteiger charge is 2.16. The van der Waals surface area contributed by atoms with Crippen LogP contribution in [0.5, 0.6) is 0 Å². The van der Waals surface area contributed by atoms with Gasteiger partial charge in [-0.05, 0) is 23.7 Å². The first kappa shape index (κ1) is 8.60. The molecule has 0 atom stereocenters. The molecule has 4 heteroatoms. The second-order valence-electron chi connectivity index (χ2n) is 2.52. The van der Waals surface area contributed by atoms with Crippen LogP contribution < -0.4 is 0 Å². The molecule has 13 heavy (non-hydrogen) atoms. The summed E-state index contributed by atoms with van der Waals surface area (Å²) in [7, 11) is 0. The fourth-order valence-electron chi connectivity index (χ4n) is 1.14. The van der Waals surface area contributed by atoms with Crippen molar-refractivity contribution in [2.45, 2.75) is 0 Å². The lowest BCUT2D eigenvalue weighted by molar-refractivity contribution is 0.105.